The highest BCUT2D eigenvalue weighted by Gasteiger charge is 2.60. The van der Waals surface area contributed by atoms with Crippen molar-refractivity contribution in [3.8, 4) is 0 Å². The Morgan fingerprint density at radius 2 is 1.91 bits per heavy atom. The first-order valence-corrected chi connectivity index (χ1v) is 17.7. The van der Waals surface area contributed by atoms with Gasteiger partial charge in [-0.25, -0.2) is 18.2 Å². The van der Waals surface area contributed by atoms with Crippen LogP contribution in [0.25, 0.3) is 0 Å². The lowest BCUT2D eigenvalue weighted by molar-refractivity contribution is -0.191. The highest BCUT2D eigenvalue weighted by atomic mass is 32.2. The molecule has 0 amide bonds. The first-order valence-electron chi connectivity index (χ1n) is 15.4. The van der Waals surface area contributed by atoms with Crippen LogP contribution in [0.3, 0.4) is 0 Å². The zero-order chi connectivity index (χ0) is 33.3. The van der Waals surface area contributed by atoms with Crippen LogP contribution >= 0.6 is 11.3 Å². The summed E-state index contributed by atoms with van der Waals surface area (Å²) in [7, 11) is -3.83. The lowest BCUT2D eigenvalue weighted by Crippen LogP contribution is -2.59. The van der Waals surface area contributed by atoms with Crippen LogP contribution in [-0.4, -0.2) is 56.7 Å². The first kappa shape index (κ1) is 33.6. The van der Waals surface area contributed by atoms with E-state index < -0.39 is 33.6 Å². The van der Waals surface area contributed by atoms with Gasteiger partial charge in [-0.2, -0.15) is 0 Å². The molecule has 11 nitrogen and oxygen atoms in total. The second kappa shape index (κ2) is 13.2. The summed E-state index contributed by atoms with van der Waals surface area (Å²) in [4.78, 5) is 41.0. The molecule has 2 aliphatic carbocycles. The fraction of sp³-hybridized carbons (Fsp3) is 0.515. The number of anilines is 2. The van der Waals surface area contributed by atoms with E-state index in [0.717, 1.165) is 24.8 Å². The topological polar surface area (TPSA) is 150 Å². The van der Waals surface area contributed by atoms with E-state index in [4.69, 9.17) is 14.2 Å². The molecule has 6 atom stereocenters. The summed E-state index contributed by atoms with van der Waals surface area (Å²) in [6.45, 7) is 11.8. The zero-order valence-electron chi connectivity index (χ0n) is 26.5. The van der Waals surface area contributed by atoms with E-state index in [9.17, 15) is 22.8 Å². The maximum absolute atomic E-state index is 12.9. The monoisotopic (exact) mass is 671 g/mol. The number of esters is 3. The number of carbonyl (C=O) groups is 3. The number of benzene rings is 1. The third-order valence-electron chi connectivity index (χ3n) is 9.97. The number of rotatable bonds is 11. The minimum absolute atomic E-state index is 0.0323. The molecule has 0 saturated heterocycles. The Labute approximate surface area is 273 Å². The highest BCUT2D eigenvalue weighted by Crippen LogP contribution is 2.62. The van der Waals surface area contributed by atoms with Gasteiger partial charge in [0.2, 0.25) is 0 Å². The Balaban J connectivity index is 1.42. The van der Waals surface area contributed by atoms with Gasteiger partial charge in [0.25, 0.3) is 10.0 Å². The molecular weight excluding hydrogens is 631 g/mol. The zero-order valence-corrected chi connectivity index (χ0v) is 28.2. The predicted molar refractivity (Wildman–Crippen MR) is 173 cm³/mol. The van der Waals surface area contributed by atoms with Crippen molar-refractivity contribution >= 4 is 50.1 Å². The maximum atomic E-state index is 12.9. The van der Waals surface area contributed by atoms with Crippen molar-refractivity contribution in [3.63, 3.8) is 0 Å². The number of aromatic nitrogens is 1. The summed E-state index contributed by atoms with van der Waals surface area (Å²) >= 11 is 1.19. The smallest absolute Gasteiger partial charge is 0.336 e. The van der Waals surface area contributed by atoms with Crippen molar-refractivity contribution in [3.05, 3.63) is 59.6 Å². The summed E-state index contributed by atoms with van der Waals surface area (Å²) in [5.74, 6) is -1.15. The fourth-order valence-electron chi connectivity index (χ4n) is 7.79. The van der Waals surface area contributed by atoms with E-state index in [1.807, 2.05) is 6.92 Å². The SMILES string of the molecule is C=C1CC[C@@H]2[C@](C)(COC(C)=O)[C@H](OC(C)=O)CC[C@@]2(C)[C@H]1CC(Nc1ccc(S(=O)(=O)Nc2nccs2)cc1)C1=CCOC1=O. The van der Waals surface area contributed by atoms with Crippen molar-refractivity contribution < 1.29 is 37.0 Å². The van der Waals surface area contributed by atoms with Crippen LogP contribution in [0, 0.1) is 22.7 Å². The molecule has 2 N–H and O–H groups in total. The highest BCUT2D eigenvalue weighted by molar-refractivity contribution is 7.93. The molecule has 46 heavy (non-hydrogen) atoms. The van der Waals surface area contributed by atoms with Crippen LogP contribution in [0.4, 0.5) is 10.8 Å². The lowest BCUT2D eigenvalue weighted by atomic mass is 9.46. The molecule has 248 valence electrons. The van der Waals surface area contributed by atoms with Crippen LogP contribution in [0.2, 0.25) is 0 Å². The Bertz CT molecular complexity index is 1620. The van der Waals surface area contributed by atoms with Gasteiger partial charge in [-0.05, 0) is 79.7 Å². The van der Waals surface area contributed by atoms with Crippen molar-refractivity contribution in [2.45, 2.75) is 76.8 Å². The van der Waals surface area contributed by atoms with E-state index in [1.54, 1.807) is 23.6 Å². The summed E-state index contributed by atoms with van der Waals surface area (Å²) in [5, 5.41) is 5.44. The molecule has 3 aliphatic rings. The van der Waals surface area contributed by atoms with Crippen LogP contribution in [-0.2, 0) is 38.6 Å². The lowest BCUT2D eigenvalue weighted by Gasteiger charge is -2.60. The Hall–Kier alpha value is -3.71. The van der Waals surface area contributed by atoms with Gasteiger partial charge in [0.1, 0.15) is 19.3 Å². The maximum Gasteiger partial charge on any atom is 0.336 e. The van der Waals surface area contributed by atoms with Crippen LogP contribution in [0.5, 0.6) is 0 Å². The minimum Gasteiger partial charge on any atom is -0.465 e. The summed E-state index contributed by atoms with van der Waals surface area (Å²) in [5.41, 5.74) is 1.31. The quantitative estimate of drug-likeness (QED) is 0.179. The van der Waals surface area contributed by atoms with Gasteiger partial charge in [0, 0.05) is 36.5 Å². The molecule has 1 aromatic carbocycles. The van der Waals surface area contributed by atoms with Gasteiger partial charge in [-0.1, -0.05) is 26.0 Å². The molecule has 2 saturated carbocycles. The minimum atomic E-state index is -3.83. The molecule has 0 radical (unpaired) electrons. The van der Waals surface area contributed by atoms with Crippen molar-refractivity contribution in [2.24, 2.45) is 22.7 Å². The Morgan fingerprint density at radius 3 is 2.52 bits per heavy atom. The summed E-state index contributed by atoms with van der Waals surface area (Å²) < 4.78 is 44.9. The van der Waals surface area contributed by atoms with Gasteiger partial charge >= 0.3 is 17.9 Å². The van der Waals surface area contributed by atoms with Crippen molar-refractivity contribution in [1.82, 2.24) is 4.98 Å². The number of hydrogen-bond donors (Lipinski definition) is 2. The largest absolute Gasteiger partial charge is 0.465 e. The van der Waals surface area contributed by atoms with Gasteiger partial charge in [-0.15, -0.1) is 11.3 Å². The number of fused-ring (bicyclic) bond motifs is 1. The molecule has 5 rings (SSSR count). The van der Waals surface area contributed by atoms with E-state index >= 15 is 0 Å². The van der Waals surface area contributed by atoms with Gasteiger partial charge in [0.05, 0.1) is 16.5 Å². The molecule has 2 heterocycles. The number of cyclic esters (lactones) is 1. The number of sulfonamides is 1. The molecule has 13 heteroatoms. The number of allylic oxidation sites excluding steroid dienone is 1. The second-order valence-corrected chi connectivity index (χ2v) is 15.5. The number of nitrogens with zero attached hydrogens (tertiary/aromatic N) is 1. The van der Waals surface area contributed by atoms with E-state index in [0.29, 0.717) is 24.1 Å². The van der Waals surface area contributed by atoms with Crippen LogP contribution in [0.15, 0.2) is 64.5 Å². The normalized spacial score (nSPS) is 28.3. The molecule has 1 aliphatic heterocycles. The van der Waals surface area contributed by atoms with Gasteiger partial charge < -0.3 is 19.5 Å². The molecule has 0 spiro atoms. The number of hydrogen-bond acceptors (Lipinski definition) is 11. The fourth-order valence-corrected chi connectivity index (χ4v) is 9.58. The van der Waals surface area contributed by atoms with Crippen molar-refractivity contribution in [2.75, 3.05) is 23.3 Å². The van der Waals surface area contributed by atoms with Crippen molar-refractivity contribution in [1.29, 1.82) is 0 Å². The standard InChI is InChI=1S/C33H41N3O8S2/c1-20-6-11-28-32(4,14-12-29(44-22(3)38)33(28,5)19-43-21(2)37)26(20)18-27(25-13-16-42-30(25)39)35-23-7-9-24(10-8-23)46(40,41)36-31-34-15-17-45-31/h7-10,13,15,17,26-29,35H,1,6,11-12,14,16,18-19H2,2-5H3,(H,34,36)/t26-,27?,28-,29+,32-,33-/m0/s1. The number of ether oxygens (including phenoxy) is 3. The molecule has 2 fully saturated rings. The van der Waals surface area contributed by atoms with Gasteiger partial charge in [0.15, 0.2) is 5.13 Å². The van der Waals surface area contributed by atoms with Crippen LogP contribution < -0.4 is 10.0 Å². The number of thiazole rings is 1. The van der Waals surface area contributed by atoms with E-state index in [1.165, 1.54) is 43.5 Å². The van der Waals surface area contributed by atoms with E-state index in [-0.39, 0.29) is 52.4 Å². The Kier molecular flexibility index (Phi) is 9.65. The molecule has 0 bridgehead atoms. The first-order chi connectivity index (χ1) is 21.7. The molecular formula is C33H41N3O8S2. The van der Waals surface area contributed by atoms with Crippen LogP contribution in [0.1, 0.15) is 59.8 Å². The molecule has 1 unspecified atom stereocenters. The summed E-state index contributed by atoms with van der Waals surface area (Å²) in [6, 6.07) is 5.90. The molecule has 2 aromatic rings. The number of nitrogens with one attached hydrogen (secondary N) is 2. The second-order valence-electron chi connectivity index (χ2n) is 12.9. The number of carbonyl (C=O) groups excluding carboxylic acids is 3. The third kappa shape index (κ3) is 6.85. The summed E-state index contributed by atoms with van der Waals surface area (Å²) in [6.07, 6.45) is 6.32. The van der Waals surface area contributed by atoms with Gasteiger partial charge in [-0.3, -0.25) is 14.3 Å². The third-order valence-corrected chi connectivity index (χ3v) is 12.1. The Morgan fingerprint density at radius 1 is 1.17 bits per heavy atom. The average Bonchev–Trinajstić information content (AvgIpc) is 3.66. The molecule has 1 aromatic heterocycles. The predicted octanol–water partition coefficient (Wildman–Crippen LogP) is 5.48. The average molecular weight is 672 g/mol. The van der Waals surface area contributed by atoms with E-state index in [2.05, 4.69) is 28.5 Å².